The smallest absolute Gasteiger partial charge is 0.135 e. The third-order valence-electron chi connectivity index (χ3n) is 6.50. The van der Waals surface area contributed by atoms with E-state index in [1.54, 1.807) is 18.9 Å². The number of rotatable bonds is 6. The predicted octanol–water partition coefficient (Wildman–Crippen LogP) is 4.29. The molecule has 4 rings (SSSR count). The van der Waals surface area contributed by atoms with E-state index in [0.29, 0.717) is 6.61 Å². The van der Waals surface area contributed by atoms with Gasteiger partial charge in [-0.25, -0.2) is 4.98 Å². The molecule has 6 nitrogen and oxygen atoms in total. The number of pyridine rings is 1. The van der Waals surface area contributed by atoms with Crippen LogP contribution in [0.4, 0.5) is 5.82 Å². The molecule has 1 aromatic carbocycles. The highest BCUT2D eigenvalue weighted by Gasteiger charge is 2.33. The molecular weight excluding hydrogens is 432 g/mol. The van der Waals surface area contributed by atoms with E-state index in [-0.39, 0.29) is 5.60 Å². The molecule has 33 heavy (non-hydrogen) atoms. The number of nitriles is 1. The lowest BCUT2D eigenvalue weighted by Gasteiger charge is -2.35. The molecule has 3 heterocycles. The number of anilines is 1. The number of aromatic nitrogens is 1. The van der Waals surface area contributed by atoms with Crippen molar-refractivity contribution in [3.63, 3.8) is 0 Å². The van der Waals surface area contributed by atoms with Crippen LogP contribution in [0.5, 0.6) is 5.75 Å². The molecule has 2 aliphatic heterocycles. The van der Waals surface area contributed by atoms with Gasteiger partial charge in [0.1, 0.15) is 22.7 Å². The first-order valence-electron chi connectivity index (χ1n) is 11.7. The number of hydrogen-bond acceptors (Lipinski definition) is 7. The largest absolute Gasteiger partial charge is 0.496 e. The van der Waals surface area contributed by atoms with Gasteiger partial charge in [-0.3, -0.25) is 0 Å². The Kier molecular flexibility index (Phi) is 7.48. The van der Waals surface area contributed by atoms with Gasteiger partial charge in [-0.15, -0.1) is 11.8 Å². The molecule has 0 bridgehead atoms. The van der Waals surface area contributed by atoms with Gasteiger partial charge in [0.25, 0.3) is 0 Å². The summed E-state index contributed by atoms with van der Waals surface area (Å²) < 4.78 is 11.7. The zero-order valence-electron chi connectivity index (χ0n) is 20.2. The van der Waals surface area contributed by atoms with Crippen LogP contribution in [0.15, 0.2) is 29.3 Å². The fraction of sp³-hybridized carbons (Fsp3) is 0.538. The van der Waals surface area contributed by atoms with Gasteiger partial charge in [-0.1, -0.05) is 18.2 Å². The Bertz CT molecular complexity index is 1030. The van der Waals surface area contributed by atoms with Gasteiger partial charge in [0.2, 0.25) is 0 Å². The zero-order chi connectivity index (χ0) is 23.4. The summed E-state index contributed by atoms with van der Waals surface area (Å²) in [6.45, 7) is 8.75. The molecule has 2 aliphatic rings. The van der Waals surface area contributed by atoms with Crippen LogP contribution in [-0.2, 0) is 24.2 Å². The molecule has 0 atom stereocenters. The van der Waals surface area contributed by atoms with Crippen LogP contribution in [0.2, 0.25) is 0 Å². The molecule has 1 saturated heterocycles. The number of aryl methyl sites for hydroxylation is 1. The molecule has 7 heteroatoms. The van der Waals surface area contributed by atoms with Crippen molar-refractivity contribution in [2.45, 2.75) is 50.3 Å². The fourth-order valence-corrected chi connectivity index (χ4v) is 5.61. The summed E-state index contributed by atoms with van der Waals surface area (Å²) in [7, 11) is 3.88. The standard InChI is InChI=1S/C26H34N4O2S/c1-26(2)16-20-21(17-27)25(33-15-10-19-8-5-6-9-23(19)31-4)28-24(22(20)18-32-26)30-12-7-11-29(3)13-14-30/h5-6,8-9H,7,10-16,18H2,1-4H3. The predicted molar refractivity (Wildman–Crippen MR) is 133 cm³/mol. The van der Waals surface area contributed by atoms with Crippen LogP contribution in [0.3, 0.4) is 0 Å². The Morgan fingerprint density at radius 3 is 2.79 bits per heavy atom. The minimum atomic E-state index is -0.282. The maximum atomic E-state index is 10.1. The minimum absolute atomic E-state index is 0.282. The van der Waals surface area contributed by atoms with Crippen LogP contribution >= 0.6 is 11.8 Å². The van der Waals surface area contributed by atoms with Crippen LogP contribution < -0.4 is 9.64 Å². The lowest BCUT2D eigenvalue weighted by molar-refractivity contribution is -0.0402. The highest BCUT2D eigenvalue weighted by atomic mass is 32.2. The second kappa shape index (κ2) is 10.3. The van der Waals surface area contributed by atoms with E-state index in [1.807, 2.05) is 18.2 Å². The molecular formula is C26H34N4O2S. The van der Waals surface area contributed by atoms with Gasteiger partial charge in [0.15, 0.2) is 0 Å². The SMILES string of the molecule is COc1ccccc1CCSc1nc(N2CCCN(C)CC2)c2c(c1C#N)CC(C)(C)OC2. The maximum absolute atomic E-state index is 10.1. The van der Waals surface area contributed by atoms with Gasteiger partial charge in [-0.05, 0) is 57.5 Å². The normalized spacial score (nSPS) is 18.3. The fourth-order valence-electron chi connectivity index (χ4n) is 4.63. The lowest BCUT2D eigenvalue weighted by Crippen LogP contribution is -2.36. The summed E-state index contributed by atoms with van der Waals surface area (Å²) >= 11 is 1.68. The van der Waals surface area contributed by atoms with Crippen molar-refractivity contribution < 1.29 is 9.47 Å². The molecule has 1 fully saturated rings. The number of likely N-dealkylation sites (N-methyl/N-ethyl adjacent to an activating group) is 1. The van der Waals surface area contributed by atoms with E-state index in [1.165, 1.54) is 5.56 Å². The van der Waals surface area contributed by atoms with E-state index < -0.39 is 0 Å². The third kappa shape index (κ3) is 5.46. The van der Waals surface area contributed by atoms with E-state index in [2.05, 4.69) is 42.8 Å². The van der Waals surface area contributed by atoms with E-state index in [9.17, 15) is 5.26 Å². The number of fused-ring (bicyclic) bond motifs is 1. The monoisotopic (exact) mass is 466 g/mol. The van der Waals surface area contributed by atoms with Crippen LogP contribution in [0.25, 0.3) is 0 Å². The Balaban J connectivity index is 1.66. The molecule has 0 spiro atoms. The summed E-state index contributed by atoms with van der Waals surface area (Å²) in [5.41, 5.74) is 3.84. The average Bonchev–Trinajstić information content (AvgIpc) is 3.02. The van der Waals surface area contributed by atoms with Crippen molar-refractivity contribution in [2.75, 3.05) is 51.0 Å². The quantitative estimate of drug-likeness (QED) is 0.589. The number of nitrogens with zero attached hydrogens (tertiary/aromatic N) is 4. The topological polar surface area (TPSA) is 61.6 Å². The minimum Gasteiger partial charge on any atom is -0.496 e. The van der Waals surface area contributed by atoms with Gasteiger partial charge in [0.05, 0.1) is 24.9 Å². The molecule has 0 unspecified atom stereocenters. The van der Waals surface area contributed by atoms with Crippen LogP contribution in [0, 0.1) is 11.3 Å². The molecule has 0 aliphatic carbocycles. The van der Waals surface area contributed by atoms with Crippen molar-refractivity contribution in [3.8, 4) is 11.8 Å². The van der Waals surface area contributed by atoms with Crippen molar-refractivity contribution in [1.82, 2.24) is 9.88 Å². The highest BCUT2D eigenvalue weighted by molar-refractivity contribution is 7.99. The Morgan fingerprint density at radius 2 is 2.00 bits per heavy atom. The molecule has 1 aromatic heterocycles. The first-order valence-corrected chi connectivity index (χ1v) is 12.7. The maximum Gasteiger partial charge on any atom is 0.135 e. The molecule has 0 saturated carbocycles. The summed E-state index contributed by atoms with van der Waals surface area (Å²) in [4.78, 5) is 9.88. The van der Waals surface area contributed by atoms with Crippen molar-refractivity contribution in [2.24, 2.45) is 0 Å². The number of benzene rings is 1. The van der Waals surface area contributed by atoms with Crippen LogP contribution in [0.1, 0.15) is 42.5 Å². The zero-order valence-corrected chi connectivity index (χ0v) is 21.0. The molecule has 0 amide bonds. The molecule has 0 N–H and O–H groups in total. The highest BCUT2D eigenvalue weighted by Crippen LogP contribution is 2.39. The summed E-state index contributed by atoms with van der Waals surface area (Å²) in [5, 5.41) is 11.0. The number of methoxy groups -OCH3 is 1. The van der Waals surface area contributed by atoms with Crippen molar-refractivity contribution in [1.29, 1.82) is 5.26 Å². The van der Waals surface area contributed by atoms with E-state index in [4.69, 9.17) is 14.5 Å². The Hall–Kier alpha value is -2.27. The van der Waals surface area contributed by atoms with Crippen molar-refractivity contribution >= 4 is 17.6 Å². The molecule has 0 radical (unpaired) electrons. The lowest BCUT2D eigenvalue weighted by atomic mass is 9.89. The summed E-state index contributed by atoms with van der Waals surface area (Å²) in [6.07, 6.45) is 2.70. The Labute approximate surface area is 201 Å². The average molecular weight is 467 g/mol. The third-order valence-corrected chi connectivity index (χ3v) is 7.48. The summed E-state index contributed by atoms with van der Waals surface area (Å²) in [5.74, 6) is 2.75. The van der Waals surface area contributed by atoms with E-state index in [0.717, 1.165) is 84.5 Å². The number of ether oxygens (including phenoxy) is 2. The van der Waals surface area contributed by atoms with Gasteiger partial charge in [0, 0.05) is 37.4 Å². The second-order valence-electron chi connectivity index (χ2n) is 9.46. The number of thioether (sulfide) groups is 1. The first kappa shape index (κ1) is 23.9. The van der Waals surface area contributed by atoms with Gasteiger partial charge < -0.3 is 19.3 Å². The number of hydrogen-bond donors (Lipinski definition) is 0. The molecule has 176 valence electrons. The van der Waals surface area contributed by atoms with Gasteiger partial charge >= 0.3 is 0 Å². The first-order chi connectivity index (χ1) is 15.9. The second-order valence-corrected chi connectivity index (χ2v) is 10.5. The Morgan fingerprint density at radius 1 is 1.18 bits per heavy atom. The number of para-hydroxylation sites is 1. The van der Waals surface area contributed by atoms with Gasteiger partial charge in [-0.2, -0.15) is 5.26 Å². The van der Waals surface area contributed by atoms with E-state index >= 15 is 0 Å². The van der Waals surface area contributed by atoms with Crippen LogP contribution in [-0.4, -0.2) is 61.6 Å². The molecule has 2 aromatic rings. The summed E-state index contributed by atoms with van der Waals surface area (Å²) in [6, 6.07) is 10.6. The van der Waals surface area contributed by atoms with Crippen molar-refractivity contribution in [3.05, 3.63) is 46.5 Å².